The Labute approximate surface area is 136 Å². The summed E-state index contributed by atoms with van der Waals surface area (Å²) in [6.07, 6.45) is 4.72. The molecule has 0 spiro atoms. The number of amides is 1. The summed E-state index contributed by atoms with van der Waals surface area (Å²) in [5, 5.41) is 3.11. The molecular formula is C18H22FN3O. The number of carbonyl (C=O) groups is 1. The summed E-state index contributed by atoms with van der Waals surface area (Å²) in [6.45, 7) is 1.64. The van der Waals surface area contributed by atoms with Gasteiger partial charge < -0.3 is 10.2 Å². The van der Waals surface area contributed by atoms with Gasteiger partial charge in [-0.2, -0.15) is 0 Å². The maximum absolute atomic E-state index is 13.4. The molecule has 0 aliphatic rings. The number of hydrogen-bond acceptors (Lipinski definition) is 3. The maximum atomic E-state index is 13.4. The highest BCUT2D eigenvalue weighted by Gasteiger charge is 2.08. The van der Waals surface area contributed by atoms with Crippen molar-refractivity contribution in [2.24, 2.45) is 0 Å². The van der Waals surface area contributed by atoms with E-state index in [1.165, 1.54) is 6.07 Å². The summed E-state index contributed by atoms with van der Waals surface area (Å²) in [7, 11) is 1.81. The molecule has 1 amide bonds. The SMILES string of the molecule is CN(CCc1ccncc1)C(=O)CCNCc1ccccc1F. The maximum Gasteiger partial charge on any atom is 0.223 e. The molecule has 0 aliphatic carbocycles. The first kappa shape index (κ1) is 17.1. The zero-order chi connectivity index (χ0) is 16.5. The van der Waals surface area contributed by atoms with Gasteiger partial charge in [0.25, 0.3) is 0 Å². The van der Waals surface area contributed by atoms with Gasteiger partial charge in [0.2, 0.25) is 5.91 Å². The highest BCUT2D eigenvalue weighted by atomic mass is 19.1. The molecule has 0 saturated heterocycles. The average molecular weight is 315 g/mol. The second-order valence-corrected chi connectivity index (χ2v) is 5.44. The lowest BCUT2D eigenvalue weighted by atomic mass is 10.2. The molecular weight excluding hydrogens is 293 g/mol. The Bertz CT molecular complexity index is 619. The molecule has 0 aliphatic heterocycles. The van der Waals surface area contributed by atoms with Gasteiger partial charge in [0.1, 0.15) is 5.82 Å². The topological polar surface area (TPSA) is 45.2 Å². The number of nitrogens with zero attached hydrogens (tertiary/aromatic N) is 2. The number of rotatable bonds is 8. The highest BCUT2D eigenvalue weighted by molar-refractivity contribution is 5.76. The Morgan fingerprint density at radius 2 is 1.96 bits per heavy atom. The number of likely N-dealkylation sites (N-methyl/N-ethyl adjacent to an activating group) is 1. The van der Waals surface area contributed by atoms with Crippen LogP contribution in [0, 0.1) is 5.82 Å². The Morgan fingerprint density at radius 1 is 1.22 bits per heavy atom. The molecule has 5 heteroatoms. The van der Waals surface area contributed by atoms with Crippen molar-refractivity contribution in [2.45, 2.75) is 19.4 Å². The highest BCUT2D eigenvalue weighted by Crippen LogP contribution is 2.05. The molecule has 0 bridgehead atoms. The van der Waals surface area contributed by atoms with Crippen molar-refractivity contribution < 1.29 is 9.18 Å². The second-order valence-electron chi connectivity index (χ2n) is 5.44. The van der Waals surface area contributed by atoms with Gasteiger partial charge in [-0.25, -0.2) is 4.39 Å². The Kier molecular flexibility index (Phi) is 6.69. The normalized spacial score (nSPS) is 10.5. The van der Waals surface area contributed by atoms with Crippen LogP contribution < -0.4 is 5.32 Å². The molecule has 4 nitrogen and oxygen atoms in total. The van der Waals surface area contributed by atoms with Gasteiger partial charge in [0.15, 0.2) is 0 Å². The van der Waals surface area contributed by atoms with Crippen molar-refractivity contribution in [1.29, 1.82) is 0 Å². The first-order chi connectivity index (χ1) is 11.2. The molecule has 0 unspecified atom stereocenters. The summed E-state index contributed by atoms with van der Waals surface area (Å²) < 4.78 is 13.4. The lowest BCUT2D eigenvalue weighted by molar-refractivity contribution is -0.129. The third-order valence-electron chi connectivity index (χ3n) is 3.70. The molecule has 1 heterocycles. The summed E-state index contributed by atoms with van der Waals surface area (Å²) in [6, 6.07) is 10.6. The van der Waals surface area contributed by atoms with Gasteiger partial charge in [-0.1, -0.05) is 18.2 Å². The Balaban J connectivity index is 1.65. The van der Waals surface area contributed by atoms with Crippen LogP contribution in [0.5, 0.6) is 0 Å². The monoisotopic (exact) mass is 315 g/mol. The molecule has 2 aromatic rings. The van der Waals surface area contributed by atoms with E-state index in [1.807, 2.05) is 12.1 Å². The molecule has 2 rings (SSSR count). The van der Waals surface area contributed by atoms with Crippen LogP contribution in [0.3, 0.4) is 0 Å². The van der Waals surface area contributed by atoms with Crippen LogP contribution in [-0.4, -0.2) is 35.9 Å². The fourth-order valence-electron chi connectivity index (χ4n) is 2.22. The third-order valence-corrected chi connectivity index (χ3v) is 3.70. The van der Waals surface area contributed by atoms with Crippen LogP contribution >= 0.6 is 0 Å². The van der Waals surface area contributed by atoms with E-state index in [0.29, 0.717) is 31.6 Å². The number of carbonyl (C=O) groups excluding carboxylic acids is 1. The van der Waals surface area contributed by atoms with E-state index < -0.39 is 0 Å². The summed E-state index contributed by atoms with van der Waals surface area (Å²) >= 11 is 0. The van der Waals surface area contributed by atoms with E-state index in [2.05, 4.69) is 10.3 Å². The minimum atomic E-state index is -0.221. The number of pyridine rings is 1. The van der Waals surface area contributed by atoms with E-state index in [4.69, 9.17) is 0 Å². The van der Waals surface area contributed by atoms with Gasteiger partial charge in [-0.15, -0.1) is 0 Å². The molecule has 122 valence electrons. The third kappa shape index (κ3) is 5.79. The number of benzene rings is 1. The first-order valence-corrected chi connectivity index (χ1v) is 7.74. The molecule has 0 fully saturated rings. The van der Waals surface area contributed by atoms with E-state index in [1.54, 1.807) is 42.5 Å². The standard InChI is InChI=1S/C18H22FN3O/c1-22(13-9-15-6-10-20-11-7-15)18(23)8-12-21-14-16-4-2-3-5-17(16)19/h2-7,10-11,21H,8-9,12-14H2,1H3. The fourth-order valence-corrected chi connectivity index (χ4v) is 2.22. The lowest BCUT2D eigenvalue weighted by Crippen LogP contribution is -2.31. The minimum absolute atomic E-state index is 0.0834. The molecule has 23 heavy (non-hydrogen) atoms. The number of hydrogen-bond donors (Lipinski definition) is 1. The van der Waals surface area contributed by atoms with Crippen molar-refractivity contribution in [3.63, 3.8) is 0 Å². The zero-order valence-electron chi connectivity index (χ0n) is 13.3. The fraction of sp³-hybridized carbons (Fsp3) is 0.333. The number of aromatic nitrogens is 1. The molecule has 1 N–H and O–H groups in total. The van der Waals surface area contributed by atoms with Crippen molar-refractivity contribution in [3.05, 3.63) is 65.7 Å². The van der Waals surface area contributed by atoms with Crippen LogP contribution in [0.2, 0.25) is 0 Å². The van der Waals surface area contributed by atoms with Crippen molar-refractivity contribution in [3.8, 4) is 0 Å². The molecule has 0 atom stereocenters. The first-order valence-electron chi connectivity index (χ1n) is 7.74. The van der Waals surface area contributed by atoms with Crippen LogP contribution in [0.15, 0.2) is 48.8 Å². The quantitative estimate of drug-likeness (QED) is 0.761. The molecule has 1 aromatic carbocycles. The second kappa shape index (κ2) is 9.00. The van der Waals surface area contributed by atoms with Crippen LogP contribution in [-0.2, 0) is 17.8 Å². The van der Waals surface area contributed by atoms with Crippen molar-refractivity contribution in [2.75, 3.05) is 20.1 Å². The predicted octanol–water partition coefficient (Wildman–Crippen LogP) is 2.40. The average Bonchev–Trinajstić information content (AvgIpc) is 2.58. The predicted molar refractivity (Wildman–Crippen MR) is 88.3 cm³/mol. The van der Waals surface area contributed by atoms with Gasteiger partial charge in [0.05, 0.1) is 0 Å². The van der Waals surface area contributed by atoms with Crippen molar-refractivity contribution in [1.82, 2.24) is 15.2 Å². The number of halogens is 1. The lowest BCUT2D eigenvalue weighted by Gasteiger charge is -2.17. The minimum Gasteiger partial charge on any atom is -0.345 e. The van der Waals surface area contributed by atoms with E-state index in [9.17, 15) is 9.18 Å². The van der Waals surface area contributed by atoms with E-state index >= 15 is 0 Å². The van der Waals surface area contributed by atoms with Crippen LogP contribution in [0.1, 0.15) is 17.5 Å². The zero-order valence-corrected chi connectivity index (χ0v) is 13.3. The van der Waals surface area contributed by atoms with Crippen LogP contribution in [0.25, 0.3) is 0 Å². The number of nitrogens with one attached hydrogen (secondary N) is 1. The summed E-state index contributed by atoms with van der Waals surface area (Å²) in [5.41, 5.74) is 1.78. The largest absolute Gasteiger partial charge is 0.345 e. The van der Waals surface area contributed by atoms with Gasteiger partial charge in [-0.3, -0.25) is 9.78 Å². The van der Waals surface area contributed by atoms with E-state index in [-0.39, 0.29) is 11.7 Å². The van der Waals surface area contributed by atoms with Gasteiger partial charge >= 0.3 is 0 Å². The van der Waals surface area contributed by atoms with Crippen molar-refractivity contribution >= 4 is 5.91 Å². The molecule has 0 radical (unpaired) electrons. The van der Waals surface area contributed by atoms with Gasteiger partial charge in [0, 0.05) is 51.1 Å². The van der Waals surface area contributed by atoms with Crippen LogP contribution in [0.4, 0.5) is 4.39 Å². The Hall–Kier alpha value is -2.27. The molecule has 1 aromatic heterocycles. The smallest absolute Gasteiger partial charge is 0.223 e. The molecule has 0 saturated carbocycles. The summed E-state index contributed by atoms with van der Waals surface area (Å²) in [5.74, 6) is -0.138. The summed E-state index contributed by atoms with van der Waals surface area (Å²) in [4.78, 5) is 17.7. The van der Waals surface area contributed by atoms with Gasteiger partial charge in [-0.05, 0) is 30.2 Å². The van der Waals surface area contributed by atoms with E-state index in [0.717, 1.165) is 12.0 Å². The Morgan fingerprint density at radius 3 is 2.70 bits per heavy atom.